The zero-order valence-corrected chi connectivity index (χ0v) is 12.2. The van der Waals surface area contributed by atoms with Crippen LogP contribution in [-0.4, -0.2) is 10.8 Å². The van der Waals surface area contributed by atoms with Crippen LogP contribution in [0, 0.1) is 0 Å². The van der Waals surface area contributed by atoms with E-state index in [1.165, 1.54) is 11.3 Å². The summed E-state index contributed by atoms with van der Waals surface area (Å²) >= 11 is 11.0. The molecule has 2 nitrogen and oxygen atoms in total. The van der Waals surface area contributed by atoms with Gasteiger partial charge in [-0.15, -0.1) is 11.3 Å². The predicted octanol–water partition coefficient (Wildman–Crippen LogP) is 4.88. The van der Waals surface area contributed by atoms with Crippen molar-refractivity contribution in [3.05, 3.63) is 55.8 Å². The van der Waals surface area contributed by atoms with Crippen molar-refractivity contribution < 1.29 is 4.79 Å². The molecule has 3 aromatic rings. The Labute approximate surface area is 121 Å². The molecule has 0 saturated heterocycles. The van der Waals surface area contributed by atoms with Gasteiger partial charge < -0.3 is 4.98 Å². The van der Waals surface area contributed by atoms with Crippen molar-refractivity contribution in [1.82, 2.24) is 4.98 Å². The second kappa shape index (κ2) is 4.53. The molecule has 1 N–H and O–H groups in total. The smallest absolute Gasteiger partial charge is 0.196 e. The zero-order valence-electron chi connectivity index (χ0n) is 9.04. The van der Waals surface area contributed by atoms with Crippen LogP contribution < -0.4 is 0 Å². The Hall–Kier alpha value is -1.10. The van der Waals surface area contributed by atoms with E-state index in [0.717, 1.165) is 14.7 Å². The van der Waals surface area contributed by atoms with E-state index in [9.17, 15) is 4.79 Å². The first-order valence-electron chi connectivity index (χ1n) is 5.21. The molecule has 2 aromatic heterocycles. The summed E-state index contributed by atoms with van der Waals surface area (Å²) in [5.74, 6) is -0.0173. The highest BCUT2D eigenvalue weighted by atomic mass is 79.9. The van der Waals surface area contributed by atoms with Crippen LogP contribution >= 0.6 is 38.9 Å². The standard InChI is InChI=1S/C13H7BrClNOS/c14-11-4-7(6-18-11)13(17)8-5-16-10-3-1-2-9(15)12(8)10/h1-6,16H. The third-order valence-electron chi connectivity index (χ3n) is 2.73. The average molecular weight is 341 g/mol. The number of aromatic nitrogens is 1. The van der Waals surface area contributed by atoms with Gasteiger partial charge >= 0.3 is 0 Å². The van der Waals surface area contributed by atoms with Crippen molar-refractivity contribution in [3.63, 3.8) is 0 Å². The Balaban J connectivity index is 2.18. The maximum atomic E-state index is 12.4. The molecule has 0 aliphatic carbocycles. The molecule has 0 aliphatic rings. The molecule has 0 fully saturated rings. The molecular formula is C13H7BrClNOS. The first-order chi connectivity index (χ1) is 8.66. The van der Waals surface area contributed by atoms with E-state index in [4.69, 9.17) is 11.6 Å². The summed E-state index contributed by atoms with van der Waals surface area (Å²) in [5, 5.41) is 3.21. The van der Waals surface area contributed by atoms with Crippen LogP contribution in [0.5, 0.6) is 0 Å². The van der Waals surface area contributed by atoms with E-state index in [1.54, 1.807) is 12.3 Å². The summed E-state index contributed by atoms with van der Waals surface area (Å²) in [6.45, 7) is 0. The quantitative estimate of drug-likeness (QED) is 0.663. The molecule has 0 radical (unpaired) electrons. The molecule has 0 saturated carbocycles. The van der Waals surface area contributed by atoms with Gasteiger partial charge in [-0.2, -0.15) is 0 Å². The Kier molecular flexibility index (Phi) is 3.01. The van der Waals surface area contributed by atoms with Gasteiger partial charge in [0.1, 0.15) is 0 Å². The molecule has 0 aliphatic heterocycles. The summed E-state index contributed by atoms with van der Waals surface area (Å²) in [6, 6.07) is 7.37. The van der Waals surface area contributed by atoms with Crippen LogP contribution in [0.15, 0.2) is 39.6 Å². The first kappa shape index (κ1) is 12.0. The number of H-pyrrole nitrogens is 1. The van der Waals surface area contributed by atoms with E-state index in [1.807, 2.05) is 23.6 Å². The average Bonchev–Trinajstić information content (AvgIpc) is 2.95. The Morgan fingerprint density at radius 2 is 2.22 bits per heavy atom. The summed E-state index contributed by atoms with van der Waals surface area (Å²) in [5.41, 5.74) is 2.16. The topological polar surface area (TPSA) is 32.9 Å². The van der Waals surface area contributed by atoms with E-state index < -0.39 is 0 Å². The highest BCUT2D eigenvalue weighted by Gasteiger charge is 2.17. The number of ketones is 1. The molecule has 18 heavy (non-hydrogen) atoms. The fraction of sp³-hybridized carbons (Fsp3) is 0. The highest BCUT2D eigenvalue weighted by molar-refractivity contribution is 9.11. The Morgan fingerprint density at radius 3 is 2.94 bits per heavy atom. The fourth-order valence-corrected chi connectivity index (χ4v) is 3.32. The van der Waals surface area contributed by atoms with Gasteiger partial charge in [0.15, 0.2) is 5.78 Å². The SMILES string of the molecule is O=C(c1csc(Br)c1)c1c[nH]c2cccc(Cl)c12. The van der Waals surface area contributed by atoms with Gasteiger partial charge in [0, 0.05) is 33.6 Å². The number of benzene rings is 1. The third kappa shape index (κ3) is 1.90. The Morgan fingerprint density at radius 1 is 1.39 bits per heavy atom. The Bertz CT molecular complexity index is 746. The lowest BCUT2D eigenvalue weighted by Crippen LogP contribution is -1.98. The number of hydrogen-bond acceptors (Lipinski definition) is 2. The van der Waals surface area contributed by atoms with Crippen LogP contribution in [0.4, 0.5) is 0 Å². The molecular weight excluding hydrogens is 334 g/mol. The second-order valence-electron chi connectivity index (χ2n) is 3.83. The van der Waals surface area contributed by atoms with Gasteiger partial charge in [0.25, 0.3) is 0 Å². The van der Waals surface area contributed by atoms with Crippen LogP contribution in [0.2, 0.25) is 5.02 Å². The van der Waals surface area contributed by atoms with Gasteiger partial charge in [-0.3, -0.25) is 4.79 Å². The molecule has 90 valence electrons. The molecule has 2 heterocycles. The number of nitrogens with one attached hydrogen (secondary N) is 1. The minimum absolute atomic E-state index is 0.0173. The van der Waals surface area contributed by atoms with Crippen molar-refractivity contribution in [2.24, 2.45) is 0 Å². The summed E-state index contributed by atoms with van der Waals surface area (Å²) < 4.78 is 0.941. The van der Waals surface area contributed by atoms with Crippen molar-refractivity contribution in [1.29, 1.82) is 0 Å². The van der Waals surface area contributed by atoms with Crippen molar-refractivity contribution >= 4 is 55.6 Å². The lowest BCUT2D eigenvalue weighted by Gasteiger charge is -1.98. The largest absolute Gasteiger partial charge is 0.360 e. The fourth-order valence-electron chi connectivity index (χ4n) is 1.90. The number of carbonyl (C=O) groups excluding carboxylic acids is 1. The number of aromatic amines is 1. The first-order valence-corrected chi connectivity index (χ1v) is 7.26. The monoisotopic (exact) mass is 339 g/mol. The zero-order chi connectivity index (χ0) is 12.7. The van der Waals surface area contributed by atoms with Crippen LogP contribution in [-0.2, 0) is 0 Å². The molecule has 0 bridgehead atoms. The maximum Gasteiger partial charge on any atom is 0.196 e. The number of fused-ring (bicyclic) bond motifs is 1. The predicted molar refractivity (Wildman–Crippen MR) is 78.8 cm³/mol. The summed E-state index contributed by atoms with van der Waals surface area (Å²) in [6.07, 6.45) is 1.71. The van der Waals surface area contributed by atoms with E-state index in [0.29, 0.717) is 16.1 Å². The van der Waals surface area contributed by atoms with E-state index >= 15 is 0 Å². The summed E-state index contributed by atoms with van der Waals surface area (Å²) in [7, 11) is 0. The lowest BCUT2D eigenvalue weighted by molar-refractivity contribution is 0.104. The van der Waals surface area contributed by atoms with Gasteiger partial charge in [0.05, 0.1) is 8.81 Å². The van der Waals surface area contributed by atoms with E-state index in [-0.39, 0.29) is 5.78 Å². The van der Waals surface area contributed by atoms with Crippen molar-refractivity contribution in [2.45, 2.75) is 0 Å². The minimum Gasteiger partial charge on any atom is -0.360 e. The highest BCUT2D eigenvalue weighted by Crippen LogP contribution is 2.30. The molecule has 0 unspecified atom stereocenters. The number of rotatable bonds is 2. The molecule has 3 rings (SSSR count). The number of hydrogen-bond donors (Lipinski definition) is 1. The van der Waals surface area contributed by atoms with Gasteiger partial charge in [-0.1, -0.05) is 17.7 Å². The van der Waals surface area contributed by atoms with Crippen molar-refractivity contribution in [2.75, 3.05) is 0 Å². The molecule has 1 aromatic carbocycles. The third-order valence-corrected chi connectivity index (χ3v) is 4.55. The molecule has 0 atom stereocenters. The molecule has 0 spiro atoms. The van der Waals surface area contributed by atoms with Crippen molar-refractivity contribution in [3.8, 4) is 0 Å². The minimum atomic E-state index is -0.0173. The van der Waals surface area contributed by atoms with Gasteiger partial charge in [-0.25, -0.2) is 0 Å². The summed E-state index contributed by atoms with van der Waals surface area (Å²) in [4.78, 5) is 15.5. The lowest BCUT2D eigenvalue weighted by atomic mass is 10.1. The molecule has 0 amide bonds. The maximum absolute atomic E-state index is 12.4. The van der Waals surface area contributed by atoms with Gasteiger partial charge in [0.2, 0.25) is 0 Å². The molecule has 5 heteroatoms. The van der Waals surface area contributed by atoms with Gasteiger partial charge in [-0.05, 0) is 34.1 Å². The van der Waals surface area contributed by atoms with E-state index in [2.05, 4.69) is 20.9 Å². The second-order valence-corrected chi connectivity index (χ2v) is 6.53. The van der Waals surface area contributed by atoms with Crippen LogP contribution in [0.1, 0.15) is 15.9 Å². The number of carbonyl (C=O) groups is 1. The normalized spacial score (nSPS) is 11.0. The number of halogens is 2. The van der Waals surface area contributed by atoms with Crippen LogP contribution in [0.25, 0.3) is 10.9 Å². The van der Waals surface area contributed by atoms with Crippen LogP contribution in [0.3, 0.4) is 0 Å². The number of thiophene rings is 1.